The van der Waals surface area contributed by atoms with E-state index in [4.69, 9.17) is 0 Å². The second-order valence-electron chi connectivity index (χ2n) is 5.93. The summed E-state index contributed by atoms with van der Waals surface area (Å²) in [5.74, 6) is 0. The molecular weight excluding hydrogens is 265 g/mol. The van der Waals surface area contributed by atoms with Gasteiger partial charge in [-0.3, -0.25) is 0 Å². The van der Waals surface area contributed by atoms with Gasteiger partial charge in [0.2, 0.25) is 0 Å². The zero-order valence-corrected chi connectivity index (χ0v) is 11.3. The monoisotopic (exact) mass is 284 g/mol. The SMILES string of the molecule is FC(F)(F)c1ccccc1NC12CCCN(CCC1)C2. The molecule has 1 N–H and O–H groups in total. The molecule has 0 radical (unpaired) electrons. The quantitative estimate of drug-likeness (QED) is 0.890. The van der Waals surface area contributed by atoms with Gasteiger partial charge < -0.3 is 10.2 Å². The number of benzene rings is 1. The van der Waals surface area contributed by atoms with Crippen molar-refractivity contribution in [1.29, 1.82) is 0 Å². The Labute approximate surface area is 117 Å². The molecule has 5 heteroatoms. The molecule has 2 aliphatic rings. The Hall–Kier alpha value is -1.23. The number of hydrogen-bond acceptors (Lipinski definition) is 2. The first-order valence-electron chi connectivity index (χ1n) is 7.15. The van der Waals surface area contributed by atoms with Gasteiger partial charge in [-0.05, 0) is 50.9 Å². The number of hydrogen-bond donors (Lipinski definition) is 1. The van der Waals surface area contributed by atoms with Crippen LogP contribution < -0.4 is 5.32 Å². The van der Waals surface area contributed by atoms with Crippen LogP contribution in [0.25, 0.3) is 0 Å². The highest BCUT2D eigenvalue weighted by Gasteiger charge is 2.40. The minimum Gasteiger partial charge on any atom is -0.378 e. The Kier molecular flexibility index (Phi) is 3.40. The van der Waals surface area contributed by atoms with E-state index in [2.05, 4.69) is 10.2 Å². The van der Waals surface area contributed by atoms with Crippen LogP contribution in [0.5, 0.6) is 0 Å². The predicted octanol–water partition coefficient (Wildman–Crippen LogP) is 3.75. The molecule has 20 heavy (non-hydrogen) atoms. The minimum atomic E-state index is -4.30. The lowest BCUT2D eigenvalue weighted by molar-refractivity contribution is -0.137. The van der Waals surface area contributed by atoms with E-state index in [1.165, 1.54) is 6.07 Å². The van der Waals surface area contributed by atoms with Crippen molar-refractivity contribution in [2.24, 2.45) is 0 Å². The molecule has 2 nitrogen and oxygen atoms in total. The van der Waals surface area contributed by atoms with Gasteiger partial charge in [0.15, 0.2) is 0 Å². The Morgan fingerprint density at radius 2 is 1.70 bits per heavy atom. The maximum atomic E-state index is 13.1. The summed E-state index contributed by atoms with van der Waals surface area (Å²) in [7, 11) is 0. The van der Waals surface area contributed by atoms with Crippen molar-refractivity contribution >= 4 is 5.69 Å². The third kappa shape index (κ3) is 2.64. The second-order valence-corrected chi connectivity index (χ2v) is 5.93. The third-order valence-corrected chi connectivity index (χ3v) is 4.42. The third-order valence-electron chi connectivity index (χ3n) is 4.42. The molecule has 2 bridgehead atoms. The van der Waals surface area contributed by atoms with Gasteiger partial charge in [-0.2, -0.15) is 13.2 Å². The average molecular weight is 284 g/mol. The fourth-order valence-electron chi connectivity index (χ4n) is 3.55. The normalized spacial score (nSPS) is 30.1. The topological polar surface area (TPSA) is 15.3 Å². The van der Waals surface area contributed by atoms with Crippen molar-refractivity contribution in [2.45, 2.75) is 37.4 Å². The van der Waals surface area contributed by atoms with Crippen LogP contribution in [0.15, 0.2) is 24.3 Å². The van der Waals surface area contributed by atoms with E-state index >= 15 is 0 Å². The van der Waals surface area contributed by atoms with Crippen LogP contribution in [0.2, 0.25) is 0 Å². The van der Waals surface area contributed by atoms with Crippen molar-refractivity contribution in [3.8, 4) is 0 Å². The summed E-state index contributed by atoms with van der Waals surface area (Å²) < 4.78 is 39.2. The molecule has 0 amide bonds. The number of anilines is 1. The number of para-hydroxylation sites is 1. The number of alkyl halides is 3. The molecule has 110 valence electrons. The van der Waals surface area contributed by atoms with Crippen LogP contribution in [0.4, 0.5) is 18.9 Å². The van der Waals surface area contributed by atoms with Gasteiger partial charge in [-0.25, -0.2) is 0 Å². The van der Waals surface area contributed by atoms with E-state index in [0.29, 0.717) is 0 Å². The molecule has 0 saturated carbocycles. The largest absolute Gasteiger partial charge is 0.418 e. The maximum absolute atomic E-state index is 13.1. The van der Waals surface area contributed by atoms with Crippen LogP contribution in [-0.2, 0) is 6.18 Å². The number of nitrogens with one attached hydrogen (secondary N) is 1. The highest BCUT2D eigenvalue weighted by atomic mass is 19.4. The molecule has 0 aliphatic carbocycles. The van der Waals surface area contributed by atoms with Crippen molar-refractivity contribution in [1.82, 2.24) is 4.90 Å². The summed E-state index contributed by atoms with van der Waals surface area (Å²) in [6.07, 6.45) is -0.281. The van der Waals surface area contributed by atoms with Crippen molar-refractivity contribution in [3.63, 3.8) is 0 Å². The van der Waals surface area contributed by atoms with E-state index in [9.17, 15) is 13.2 Å². The van der Waals surface area contributed by atoms with Crippen LogP contribution >= 0.6 is 0 Å². The highest BCUT2D eigenvalue weighted by Crippen LogP contribution is 2.39. The Bertz CT molecular complexity index is 474. The van der Waals surface area contributed by atoms with E-state index in [0.717, 1.165) is 51.4 Å². The first-order valence-corrected chi connectivity index (χ1v) is 7.15. The molecule has 1 aromatic rings. The van der Waals surface area contributed by atoms with Gasteiger partial charge in [0.1, 0.15) is 0 Å². The number of rotatable bonds is 2. The van der Waals surface area contributed by atoms with E-state index in [1.807, 2.05) is 0 Å². The molecule has 3 rings (SSSR count). The van der Waals surface area contributed by atoms with Gasteiger partial charge in [-0.1, -0.05) is 12.1 Å². The van der Waals surface area contributed by atoms with E-state index < -0.39 is 11.7 Å². The van der Waals surface area contributed by atoms with E-state index in [-0.39, 0.29) is 11.2 Å². The summed E-state index contributed by atoms with van der Waals surface area (Å²) in [4.78, 5) is 2.36. The van der Waals surface area contributed by atoms with Crippen molar-refractivity contribution < 1.29 is 13.2 Å². The lowest BCUT2D eigenvalue weighted by Gasteiger charge is -2.48. The minimum absolute atomic E-state index is 0.183. The number of halogens is 3. The fraction of sp³-hybridized carbons (Fsp3) is 0.600. The first kappa shape index (κ1) is 13.7. The zero-order chi connectivity index (χ0) is 14.2. The summed E-state index contributed by atoms with van der Waals surface area (Å²) in [6.45, 7) is 3.01. The standard InChI is InChI=1S/C15H19F3N2/c16-15(17,18)12-5-1-2-6-13(12)19-14-7-3-9-20(11-14)10-4-8-14/h1-2,5-6,19H,3-4,7-11H2. The summed E-state index contributed by atoms with van der Waals surface area (Å²) in [5.41, 5.74) is -0.515. The number of nitrogens with zero attached hydrogens (tertiary/aromatic N) is 1. The molecule has 0 atom stereocenters. The van der Waals surface area contributed by atoms with Crippen molar-refractivity contribution in [2.75, 3.05) is 25.0 Å². The molecule has 2 aliphatic heterocycles. The molecular formula is C15H19F3N2. The summed E-state index contributed by atoms with van der Waals surface area (Å²) >= 11 is 0. The second kappa shape index (κ2) is 4.95. The van der Waals surface area contributed by atoms with Gasteiger partial charge in [0, 0.05) is 12.2 Å². The molecule has 1 aromatic carbocycles. The van der Waals surface area contributed by atoms with Crippen LogP contribution in [0, 0.1) is 0 Å². The Balaban J connectivity index is 1.87. The molecule has 0 spiro atoms. The smallest absolute Gasteiger partial charge is 0.378 e. The summed E-state index contributed by atoms with van der Waals surface area (Å²) in [6, 6.07) is 5.81. The summed E-state index contributed by atoms with van der Waals surface area (Å²) in [5, 5.41) is 3.24. The van der Waals surface area contributed by atoms with Gasteiger partial charge in [0.05, 0.1) is 11.1 Å². The van der Waals surface area contributed by atoms with E-state index in [1.54, 1.807) is 12.1 Å². The van der Waals surface area contributed by atoms with Crippen LogP contribution in [-0.4, -0.2) is 30.1 Å². The number of piperidine rings is 2. The maximum Gasteiger partial charge on any atom is 0.418 e. The first-order chi connectivity index (χ1) is 9.49. The molecule has 2 saturated heterocycles. The average Bonchev–Trinajstić information content (AvgIpc) is 2.38. The predicted molar refractivity (Wildman–Crippen MR) is 72.7 cm³/mol. The number of fused-ring (bicyclic) bond motifs is 2. The zero-order valence-electron chi connectivity index (χ0n) is 11.3. The van der Waals surface area contributed by atoms with Crippen LogP contribution in [0.3, 0.4) is 0 Å². The highest BCUT2D eigenvalue weighted by molar-refractivity contribution is 5.54. The Morgan fingerprint density at radius 1 is 1.05 bits per heavy atom. The molecule has 0 aromatic heterocycles. The van der Waals surface area contributed by atoms with Gasteiger partial charge >= 0.3 is 6.18 Å². The fourth-order valence-corrected chi connectivity index (χ4v) is 3.55. The Morgan fingerprint density at radius 3 is 2.35 bits per heavy atom. The molecule has 2 fully saturated rings. The van der Waals surface area contributed by atoms with Gasteiger partial charge in [0.25, 0.3) is 0 Å². The molecule has 2 heterocycles. The lowest BCUT2D eigenvalue weighted by Crippen LogP contribution is -2.56. The lowest BCUT2D eigenvalue weighted by atomic mass is 9.81. The van der Waals surface area contributed by atoms with Crippen molar-refractivity contribution in [3.05, 3.63) is 29.8 Å². The van der Waals surface area contributed by atoms with Crippen LogP contribution in [0.1, 0.15) is 31.2 Å². The molecule has 0 unspecified atom stereocenters. The van der Waals surface area contributed by atoms with Gasteiger partial charge in [-0.15, -0.1) is 0 Å².